The van der Waals surface area contributed by atoms with Crippen LogP contribution in [-0.2, 0) is 19.4 Å². The first-order valence-corrected chi connectivity index (χ1v) is 6.95. The Hall–Kier alpha value is -1.61. The molecular weight excluding hydrogens is 258 g/mol. The van der Waals surface area contributed by atoms with Gasteiger partial charge >= 0.3 is 0 Å². The van der Waals surface area contributed by atoms with Crippen molar-refractivity contribution < 1.29 is 0 Å². The van der Waals surface area contributed by atoms with Gasteiger partial charge in [-0.3, -0.25) is 0 Å². The largest absolute Gasteiger partial charge is 0.350 e. The van der Waals surface area contributed by atoms with E-state index in [2.05, 4.69) is 46.5 Å². The van der Waals surface area contributed by atoms with Crippen molar-refractivity contribution in [3.63, 3.8) is 0 Å². The number of hydrogen-bond acceptors (Lipinski definition) is 3. The van der Waals surface area contributed by atoms with E-state index in [1.165, 1.54) is 11.1 Å². The van der Waals surface area contributed by atoms with Gasteiger partial charge in [0.15, 0.2) is 0 Å². The maximum atomic E-state index is 6.19. The van der Waals surface area contributed by atoms with Gasteiger partial charge in [-0.05, 0) is 31.7 Å². The standard InChI is InChI=1S/C15H16ClN3/c1-10-5-7-11(8-6-10)9-17-15-18-13-4-2-3-12(13)14(16)19-15/h5-8H,2-4,9H2,1H3,(H,17,18,19). The summed E-state index contributed by atoms with van der Waals surface area (Å²) in [5, 5.41) is 3.85. The second-order valence-electron chi connectivity index (χ2n) is 4.96. The summed E-state index contributed by atoms with van der Waals surface area (Å²) in [6.45, 7) is 2.80. The molecule has 3 rings (SSSR count). The number of rotatable bonds is 3. The van der Waals surface area contributed by atoms with Crippen molar-refractivity contribution in [2.24, 2.45) is 0 Å². The summed E-state index contributed by atoms with van der Waals surface area (Å²) in [5.74, 6) is 0.631. The Morgan fingerprint density at radius 3 is 2.74 bits per heavy atom. The molecule has 1 aliphatic carbocycles. The van der Waals surface area contributed by atoms with Gasteiger partial charge in [0.25, 0.3) is 0 Å². The molecule has 0 saturated heterocycles. The molecule has 3 nitrogen and oxygen atoms in total. The average Bonchev–Trinajstić information content (AvgIpc) is 2.87. The minimum atomic E-state index is 0.605. The van der Waals surface area contributed by atoms with Gasteiger partial charge in [0.2, 0.25) is 5.95 Å². The van der Waals surface area contributed by atoms with Crippen LogP contribution in [0.1, 0.15) is 28.8 Å². The quantitative estimate of drug-likeness (QED) is 0.869. The fourth-order valence-corrected chi connectivity index (χ4v) is 2.64. The predicted molar refractivity (Wildman–Crippen MR) is 77.6 cm³/mol. The van der Waals surface area contributed by atoms with Gasteiger partial charge in [-0.15, -0.1) is 0 Å². The van der Waals surface area contributed by atoms with Crippen LogP contribution in [0.3, 0.4) is 0 Å². The van der Waals surface area contributed by atoms with Gasteiger partial charge in [-0.25, -0.2) is 9.97 Å². The third kappa shape index (κ3) is 2.71. The van der Waals surface area contributed by atoms with Crippen LogP contribution < -0.4 is 5.32 Å². The average molecular weight is 274 g/mol. The first-order valence-electron chi connectivity index (χ1n) is 6.57. The van der Waals surface area contributed by atoms with Crippen LogP contribution in [0.15, 0.2) is 24.3 Å². The van der Waals surface area contributed by atoms with Crippen LogP contribution in [-0.4, -0.2) is 9.97 Å². The van der Waals surface area contributed by atoms with Crippen molar-refractivity contribution in [3.05, 3.63) is 51.8 Å². The van der Waals surface area contributed by atoms with E-state index in [9.17, 15) is 0 Å². The molecule has 98 valence electrons. The topological polar surface area (TPSA) is 37.8 Å². The number of halogens is 1. The van der Waals surface area contributed by atoms with Gasteiger partial charge in [-0.1, -0.05) is 41.4 Å². The predicted octanol–water partition coefficient (Wildman–Crippen LogP) is 3.54. The molecule has 19 heavy (non-hydrogen) atoms. The van der Waals surface area contributed by atoms with E-state index in [0.717, 1.165) is 37.1 Å². The molecule has 0 spiro atoms. The van der Waals surface area contributed by atoms with Crippen molar-refractivity contribution in [2.45, 2.75) is 32.7 Å². The molecule has 0 saturated carbocycles. The summed E-state index contributed by atoms with van der Waals surface area (Å²) >= 11 is 6.19. The molecule has 0 unspecified atom stereocenters. The molecule has 1 heterocycles. The van der Waals surface area contributed by atoms with E-state index < -0.39 is 0 Å². The van der Waals surface area contributed by atoms with Crippen molar-refractivity contribution in [1.29, 1.82) is 0 Å². The smallest absolute Gasteiger partial charge is 0.224 e. The lowest BCUT2D eigenvalue weighted by Crippen LogP contribution is -2.06. The number of nitrogens with zero attached hydrogens (tertiary/aromatic N) is 2. The maximum Gasteiger partial charge on any atom is 0.224 e. The molecule has 1 aromatic carbocycles. The fourth-order valence-electron chi connectivity index (χ4n) is 2.35. The van der Waals surface area contributed by atoms with Crippen LogP contribution in [0.4, 0.5) is 5.95 Å². The minimum Gasteiger partial charge on any atom is -0.350 e. The Morgan fingerprint density at radius 2 is 1.95 bits per heavy atom. The highest BCUT2D eigenvalue weighted by Gasteiger charge is 2.17. The van der Waals surface area contributed by atoms with Crippen molar-refractivity contribution in [2.75, 3.05) is 5.32 Å². The molecule has 0 radical (unpaired) electrons. The highest BCUT2D eigenvalue weighted by molar-refractivity contribution is 6.30. The molecular formula is C15H16ClN3. The molecule has 0 amide bonds. The lowest BCUT2D eigenvalue weighted by atomic mass is 10.1. The number of aryl methyl sites for hydroxylation is 2. The van der Waals surface area contributed by atoms with Crippen LogP contribution in [0.5, 0.6) is 0 Å². The summed E-state index contributed by atoms with van der Waals surface area (Å²) in [7, 11) is 0. The summed E-state index contributed by atoms with van der Waals surface area (Å²) in [6, 6.07) is 8.43. The Labute approximate surface area is 118 Å². The molecule has 0 fully saturated rings. The Morgan fingerprint density at radius 1 is 1.16 bits per heavy atom. The summed E-state index contributed by atoms with van der Waals surface area (Å²) < 4.78 is 0. The van der Waals surface area contributed by atoms with Gasteiger partial charge < -0.3 is 5.32 Å². The lowest BCUT2D eigenvalue weighted by Gasteiger charge is -2.08. The number of benzene rings is 1. The summed E-state index contributed by atoms with van der Waals surface area (Å²) in [5.41, 5.74) is 4.71. The monoisotopic (exact) mass is 273 g/mol. The minimum absolute atomic E-state index is 0.605. The fraction of sp³-hybridized carbons (Fsp3) is 0.333. The molecule has 1 aliphatic rings. The van der Waals surface area contributed by atoms with E-state index >= 15 is 0 Å². The molecule has 1 N–H and O–H groups in total. The third-order valence-electron chi connectivity index (χ3n) is 3.45. The zero-order valence-electron chi connectivity index (χ0n) is 10.9. The zero-order chi connectivity index (χ0) is 13.2. The van der Waals surface area contributed by atoms with Gasteiger partial charge in [0.1, 0.15) is 5.15 Å². The Balaban J connectivity index is 1.73. The SMILES string of the molecule is Cc1ccc(CNc2nc(Cl)c3c(n2)CCC3)cc1. The Kier molecular flexibility index (Phi) is 3.38. The van der Waals surface area contributed by atoms with E-state index in [-0.39, 0.29) is 0 Å². The third-order valence-corrected chi connectivity index (χ3v) is 3.77. The number of anilines is 1. The van der Waals surface area contributed by atoms with Crippen LogP contribution in [0.25, 0.3) is 0 Å². The van der Waals surface area contributed by atoms with E-state index in [0.29, 0.717) is 11.1 Å². The van der Waals surface area contributed by atoms with Crippen molar-refractivity contribution >= 4 is 17.5 Å². The summed E-state index contributed by atoms with van der Waals surface area (Å²) in [6.07, 6.45) is 3.15. The van der Waals surface area contributed by atoms with Crippen molar-refractivity contribution in [3.8, 4) is 0 Å². The highest BCUT2D eigenvalue weighted by Crippen LogP contribution is 2.27. The van der Waals surface area contributed by atoms with Gasteiger partial charge in [-0.2, -0.15) is 0 Å². The first-order chi connectivity index (χ1) is 9.22. The van der Waals surface area contributed by atoms with Gasteiger partial charge in [0, 0.05) is 12.1 Å². The van der Waals surface area contributed by atoms with Gasteiger partial charge in [0.05, 0.1) is 5.69 Å². The number of fused-ring (bicyclic) bond motifs is 1. The van der Waals surface area contributed by atoms with E-state index in [1.54, 1.807) is 0 Å². The molecule has 1 aromatic heterocycles. The molecule has 0 aliphatic heterocycles. The number of hydrogen-bond donors (Lipinski definition) is 1. The highest BCUT2D eigenvalue weighted by atomic mass is 35.5. The molecule has 4 heteroatoms. The van der Waals surface area contributed by atoms with E-state index in [4.69, 9.17) is 11.6 Å². The number of nitrogens with one attached hydrogen (secondary N) is 1. The Bertz CT molecular complexity index is 593. The second kappa shape index (κ2) is 5.17. The molecule has 0 bridgehead atoms. The first kappa shape index (κ1) is 12.4. The van der Waals surface area contributed by atoms with Crippen LogP contribution in [0, 0.1) is 6.92 Å². The molecule has 2 aromatic rings. The second-order valence-corrected chi connectivity index (χ2v) is 5.31. The maximum absolute atomic E-state index is 6.19. The number of aromatic nitrogens is 2. The zero-order valence-corrected chi connectivity index (χ0v) is 11.7. The van der Waals surface area contributed by atoms with Crippen molar-refractivity contribution in [1.82, 2.24) is 9.97 Å². The summed E-state index contributed by atoms with van der Waals surface area (Å²) in [4.78, 5) is 8.86. The van der Waals surface area contributed by atoms with E-state index in [1.807, 2.05) is 0 Å². The van der Waals surface area contributed by atoms with Crippen LogP contribution >= 0.6 is 11.6 Å². The van der Waals surface area contributed by atoms with Crippen LogP contribution in [0.2, 0.25) is 5.15 Å². The normalized spacial score (nSPS) is 13.4. The molecule has 0 atom stereocenters. The lowest BCUT2D eigenvalue weighted by molar-refractivity contribution is 0.898.